The molecule has 3 rings (SSSR count). The van der Waals surface area contributed by atoms with Gasteiger partial charge in [0.1, 0.15) is 11.3 Å². The molecule has 7 nitrogen and oxygen atoms in total. The van der Waals surface area contributed by atoms with Crippen LogP contribution in [0.2, 0.25) is 0 Å². The number of piperidine rings is 1. The van der Waals surface area contributed by atoms with Crippen molar-refractivity contribution in [1.82, 2.24) is 4.90 Å². The highest BCUT2D eigenvalue weighted by atomic mass is 16.6. The van der Waals surface area contributed by atoms with Gasteiger partial charge in [0.25, 0.3) is 0 Å². The molecule has 27 heavy (non-hydrogen) atoms. The second-order valence-corrected chi connectivity index (χ2v) is 8.07. The maximum absolute atomic E-state index is 12.3. The molecule has 7 heteroatoms. The largest absolute Gasteiger partial charge is 0.465 e. The molecule has 0 aromatic heterocycles. The topological polar surface area (TPSA) is 80.6 Å². The SMILES string of the molecule is COC(=O)c1cccc2c1N=NCC2C1CCN(C(=O)OC(C)(C)C)CC1. The minimum atomic E-state index is -0.485. The number of likely N-dealkylation sites (tertiary alicyclic amines) is 1. The monoisotopic (exact) mass is 373 g/mol. The van der Waals surface area contributed by atoms with Crippen molar-refractivity contribution >= 4 is 17.7 Å². The van der Waals surface area contributed by atoms with E-state index in [0.717, 1.165) is 18.4 Å². The van der Waals surface area contributed by atoms with Crippen molar-refractivity contribution in [2.24, 2.45) is 16.1 Å². The smallest absolute Gasteiger partial charge is 0.410 e. The van der Waals surface area contributed by atoms with Crippen molar-refractivity contribution in [3.8, 4) is 0 Å². The Morgan fingerprint density at radius 1 is 1.19 bits per heavy atom. The van der Waals surface area contributed by atoms with Crippen LogP contribution in [-0.2, 0) is 9.47 Å². The third-order valence-electron chi connectivity index (χ3n) is 5.08. The van der Waals surface area contributed by atoms with Crippen molar-refractivity contribution in [1.29, 1.82) is 0 Å². The molecule has 0 N–H and O–H groups in total. The minimum Gasteiger partial charge on any atom is -0.465 e. The number of nitrogens with zero attached hydrogens (tertiary/aromatic N) is 3. The predicted octanol–water partition coefficient (Wildman–Crippen LogP) is 4.30. The maximum atomic E-state index is 12.3. The lowest BCUT2D eigenvalue weighted by molar-refractivity contribution is 0.0174. The van der Waals surface area contributed by atoms with Gasteiger partial charge in [-0.1, -0.05) is 12.1 Å². The minimum absolute atomic E-state index is 0.197. The Hall–Kier alpha value is -2.44. The quantitative estimate of drug-likeness (QED) is 0.724. The molecule has 1 fully saturated rings. The van der Waals surface area contributed by atoms with Crippen molar-refractivity contribution in [3.63, 3.8) is 0 Å². The van der Waals surface area contributed by atoms with Crippen LogP contribution in [0.3, 0.4) is 0 Å². The molecule has 2 heterocycles. The van der Waals surface area contributed by atoms with Gasteiger partial charge < -0.3 is 14.4 Å². The van der Waals surface area contributed by atoms with Gasteiger partial charge in [0.15, 0.2) is 0 Å². The number of esters is 1. The zero-order valence-corrected chi connectivity index (χ0v) is 16.4. The summed E-state index contributed by atoms with van der Waals surface area (Å²) >= 11 is 0. The number of rotatable bonds is 2. The third-order valence-corrected chi connectivity index (χ3v) is 5.08. The van der Waals surface area contributed by atoms with Crippen molar-refractivity contribution < 1.29 is 19.1 Å². The number of ether oxygens (including phenoxy) is 2. The van der Waals surface area contributed by atoms with E-state index < -0.39 is 11.6 Å². The van der Waals surface area contributed by atoms with Gasteiger partial charge in [-0.3, -0.25) is 0 Å². The van der Waals surface area contributed by atoms with Crippen LogP contribution in [0.4, 0.5) is 10.5 Å². The first-order chi connectivity index (χ1) is 12.8. The summed E-state index contributed by atoms with van der Waals surface area (Å²) in [5, 5.41) is 8.50. The fraction of sp³-hybridized carbons (Fsp3) is 0.600. The van der Waals surface area contributed by atoms with Crippen LogP contribution in [0, 0.1) is 5.92 Å². The summed E-state index contributed by atoms with van der Waals surface area (Å²) < 4.78 is 10.3. The fourth-order valence-electron chi connectivity index (χ4n) is 3.76. The summed E-state index contributed by atoms with van der Waals surface area (Å²) in [7, 11) is 1.37. The Labute approximate surface area is 159 Å². The molecule has 0 saturated carbocycles. The highest BCUT2D eigenvalue weighted by Crippen LogP contribution is 2.42. The average Bonchev–Trinajstić information content (AvgIpc) is 2.65. The highest BCUT2D eigenvalue weighted by molar-refractivity contribution is 5.95. The van der Waals surface area contributed by atoms with Crippen LogP contribution < -0.4 is 0 Å². The molecule has 2 aliphatic rings. The number of amides is 1. The number of fused-ring (bicyclic) bond motifs is 1. The molecule has 1 atom stereocenters. The van der Waals surface area contributed by atoms with Gasteiger partial charge in [-0.2, -0.15) is 10.2 Å². The molecule has 0 bridgehead atoms. The number of carbonyl (C=O) groups excluding carboxylic acids is 2. The van der Waals surface area contributed by atoms with Gasteiger partial charge in [0, 0.05) is 19.0 Å². The first-order valence-electron chi connectivity index (χ1n) is 9.37. The lowest BCUT2D eigenvalue weighted by atomic mass is 9.78. The Morgan fingerprint density at radius 3 is 2.52 bits per heavy atom. The molecule has 0 aliphatic carbocycles. The van der Waals surface area contributed by atoms with Gasteiger partial charge in [-0.25, -0.2) is 9.59 Å². The first-order valence-corrected chi connectivity index (χ1v) is 9.37. The zero-order chi connectivity index (χ0) is 19.6. The normalized spacial score (nSPS) is 20.1. The van der Waals surface area contributed by atoms with E-state index in [0.29, 0.717) is 36.8 Å². The molecule has 1 saturated heterocycles. The molecule has 1 aromatic rings. The third kappa shape index (κ3) is 4.28. The van der Waals surface area contributed by atoms with Crippen LogP contribution in [0.5, 0.6) is 0 Å². The van der Waals surface area contributed by atoms with E-state index in [9.17, 15) is 9.59 Å². The number of azo groups is 1. The van der Waals surface area contributed by atoms with Crippen molar-refractivity contribution in [3.05, 3.63) is 29.3 Å². The van der Waals surface area contributed by atoms with Gasteiger partial charge >= 0.3 is 12.1 Å². The van der Waals surface area contributed by atoms with E-state index in [2.05, 4.69) is 10.2 Å². The van der Waals surface area contributed by atoms with Crippen LogP contribution in [0.1, 0.15) is 55.5 Å². The van der Waals surface area contributed by atoms with Gasteiger partial charge in [-0.15, -0.1) is 0 Å². The summed E-state index contributed by atoms with van der Waals surface area (Å²) in [5.41, 5.74) is 1.63. The Morgan fingerprint density at radius 2 is 1.89 bits per heavy atom. The Bertz CT molecular complexity index is 746. The van der Waals surface area contributed by atoms with E-state index in [-0.39, 0.29) is 12.0 Å². The second kappa shape index (κ2) is 7.66. The summed E-state index contributed by atoms with van der Waals surface area (Å²) in [4.78, 5) is 26.1. The molecular formula is C20H27N3O4. The number of benzene rings is 1. The molecule has 2 aliphatic heterocycles. The Kier molecular flexibility index (Phi) is 5.48. The van der Waals surface area contributed by atoms with Gasteiger partial charge in [-0.05, 0) is 51.2 Å². The molecule has 0 radical (unpaired) electrons. The van der Waals surface area contributed by atoms with E-state index in [1.165, 1.54) is 7.11 Å². The number of methoxy groups -OCH3 is 1. The van der Waals surface area contributed by atoms with Crippen LogP contribution >= 0.6 is 0 Å². The second-order valence-electron chi connectivity index (χ2n) is 8.07. The molecule has 1 aromatic carbocycles. The van der Waals surface area contributed by atoms with Crippen LogP contribution in [-0.4, -0.2) is 49.3 Å². The van der Waals surface area contributed by atoms with Crippen LogP contribution in [0.25, 0.3) is 0 Å². The van der Waals surface area contributed by atoms with Gasteiger partial charge in [0.2, 0.25) is 0 Å². The summed E-state index contributed by atoms with van der Waals surface area (Å²) in [6.07, 6.45) is 1.50. The molecule has 1 amide bonds. The summed E-state index contributed by atoms with van der Waals surface area (Å²) in [5.74, 6) is 0.184. The van der Waals surface area contributed by atoms with E-state index in [1.807, 2.05) is 32.9 Å². The fourth-order valence-corrected chi connectivity index (χ4v) is 3.76. The van der Waals surface area contributed by atoms with Crippen molar-refractivity contribution in [2.45, 2.75) is 45.1 Å². The molecule has 146 valence electrons. The highest BCUT2D eigenvalue weighted by Gasteiger charge is 2.34. The number of hydrogen-bond donors (Lipinski definition) is 0. The predicted molar refractivity (Wildman–Crippen MR) is 100 cm³/mol. The standard InChI is InChI=1S/C20H27N3O4/c1-20(2,3)27-19(25)23-10-8-13(9-11-23)16-12-21-22-17-14(16)6-5-7-15(17)18(24)26-4/h5-7,13,16H,8-12H2,1-4H3. The van der Waals surface area contributed by atoms with E-state index >= 15 is 0 Å². The van der Waals surface area contributed by atoms with E-state index in [1.54, 1.807) is 11.0 Å². The summed E-state index contributed by atoms with van der Waals surface area (Å²) in [6, 6.07) is 5.61. The molecular weight excluding hydrogens is 346 g/mol. The lowest BCUT2D eigenvalue weighted by Gasteiger charge is -2.37. The molecule has 1 unspecified atom stereocenters. The Balaban J connectivity index is 1.71. The number of hydrogen-bond acceptors (Lipinski definition) is 6. The van der Waals surface area contributed by atoms with Crippen molar-refractivity contribution in [2.75, 3.05) is 26.7 Å². The first kappa shape index (κ1) is 19.3. The lowest BCUT2D eigenvalue weighted by Crippen LogP contribution is -2.42. The average molecular weight is 373 g/mol. The van der Waals surface area contributed by atoms with Gasteiger partial charge in [0.05, 0.1) is 19.2 Å². The molecule has 0 spiro atoms. The maximum Gasteiger partial charge on any atom is 0.410 e. The van der Waals surface area contributed by atoms with E-state index in [4.69, 9.17) is 9.47 Å². The zero-order valence-electron chi connectivity index (χ0n) is 16.4. The summed E-state index contributed by atoms with van der Waals surface area (Å²) in [6.45, 7) is 7.56. The number of carbonyl (C=O) groups is 2. The van der Waals surface area contributed by atoms with Crippen LogP contribution in [0.15, 0.2) is 28.4 Å².